The summed E-state index contributed by atoms with van der Waals surface area (Å²) in [5.41, 5.74) is -0.263. The Morgan fingerprint density at radius 2 is 1.77 bits per heavy atom. The second kappa shape index (κ2) is 10.1. The van der Waals surface area contributed by atoms with Gasteiger partial charge in [0.05, 0.1) is 23.9 Å². The summed E-state index contributed by atoms with van der Waals surface area (Å²) < 4.78 is 39.6. The molecule has 0 aromatic heterocycles. The van der Waals surface area contributed by atoms with Crippen molar-refractivity contribution in [3.63, 3.8) is 0 Å². The molecule has 0 spiro atoms. The van der Waals surface area contributed by atoms with E-state index in [-0.39, 0.29) is 18.3 Å². The van der Waals surface area contributed by atoms with Gasteiger partial charge in [-0.3, -0.25) is 9.69 Å². The molecule has 3 rings (SSSR count). The average Bonchev–Trinajstić information content (AvgIpc) is 2.93. The van der Waals surface area contributed by atoms with Crippen LogP contribution in [0.15, 0.2) is 54.6 Å². The Morgan fingerprint density at radius 3 is 2.50 bits per heavy atom. The molecule has 2 N–H and O–H groups in total. The molecule has 30 heavy (non-hydrogen) atoms. The second-order valence-corrected chi connectivity index (χ2v) is 7.73. The van der Waals surface area contributed by atoms with Gasteiger partial charge in [-0.2, -0.15) is 13.2 Å². The van der Waals surface area contributed by atoms with Gasteiger partial charge in [-0.15, -0.1) is 0 Å². The van der Waals surface area contributed by atoms with Gasteiger partial charge in [-0.05, 0) is 43.5 Å². The van der Waals surface area contributed by atoms with Crippen LogP contribution < -0.4 is 5.32 Å². The lowest BCUT2D eigenvalue weighted by Crippen LogP contribution is -2.41. The molecule has 1 saturated heterocycles. The highest BCUT2D eigenvalue weighted by atomic mass is 19.4. The molecule has 1 fully saturated rings. The molecule has 7 heteroatoms. The van der Waals surface area contributed by atoms with Crippen LogP contribution in [0.3, 0.4) is 0 Å². The molecule has 0 radical (unpaired) electrons. The monoisotopic (exact) mass is 420 g/mol. The number of carbonyl (C=O) groups is 1. The average molecular weight is 420 g/mol. The summed E-state index contributed by atoms with van der Waals surface area (Å²) in [7, 11) is 0. The SMILES string of the molecule is O=C(CN1CCCCCC1CC(O)c1ccccc1)Nc1ccccc1C(F)(F)F. The maximum atomic E-state index is 13.2. The number of hydrogen-bond acceptors (Lipinski definition) is 3. The molecule has 1 aliphatic rings. The highest BCUT2D eigenvalue weighted by Gasteiger charge is 2.34. The van der Waals surface area contributed by atoms with Crippen molar-refractivity contribution in [1.29, 1.82) is 0 Å². The van der Waals surface area contributed by atoms with E-state index in [4.69, 9.17) is 0 Å². The van der Waals surface area contributed by atoms with Gasteiger partial charge in [-0.25, -0.2) is 0 Å². The number of nitrogens with one attached hydrogen (secondary N) is 1. The Morgan fingerprint density at radius 1 is 1.07 bits per heavy atom. The first-order valence-corrected chi connectivity index (χ1v) is 10.3. The summed E-state index contributed by atoms with van der Waals surface area (Å²) in [5, 5.41) is 13.1. The highest BCUT2D eigenvalue weighted by molar-refractivity contribution is 5.93. The van der Waals surface area contributed by atoms with E-state index in [0.717, 1.165) is 37.3 Å². The number of nitrogens with zero attached hydrogens (tertiary/aromatic N) is 1. The topological polar surface area (TPSA) is 52.6 Å². The fourth-order valence-corrected chi connectivity index (χ4v) is 3.99. The van der Waals surface area contributed by atoms with Crippen molar-refractivity contribution in [1.82, 2.24) is 4.90 Å². The van der Waals surface area contributed by atoms with Gasteiger partial charge in [0.25, 0.3) is 0 Å². The van der Waals surface area contributed by atoms with E-state index in [1.54, 1.807) is 0 Å². The molecule has 1 amide bonds. The van der Waals surface area contributed by atoms with E-state index < -0.39 is 23.8 Å². The lowest BCUT2D eigenvalue weighted by Gasteiger charge is -2.31. The Labute approximate surface area is 174 Å². The number of rotatable bonds is 6. The van der Waals surface area contributed by atoms with E-state index in [9.17, 15) is 23.1 Å². The Hall–Kier alpha value is -2.38. The van der Waals surface area contributed by atoms with E-state index in [2.05, 4.69) is 5.32 Å². The van der Waals surface area contributed by atoms with Crippen LogP contribution in [0, 0.1) is 0 Å². The van der Waals surface area contributed by atoms with Gasteiger partial charge in [-0.1, -0.05) is 55.3 Å². The number of halogens is 3. The summed E-state index contributed by atoms with van der Waals surface area (Å²) in [6, 6.07) is 14.3. The number of benzene rings is 2. The number of likely N-dealkylation sites (tertiary alicyclic amines) is 1. The first-order chi connectivity index (χ1) is 14.3. The van der Waals surface area contributed by atoms with Gasteiger partial charge in [0.2, 0.25) is 5.91 Å². The van der Waals surface area contributed by atoms with Gasteiger partial charge in [0.15, 0.2) is 0 Å². The van der Waals surface area contributed by atoms with Crippen LogP contribution in [0.4, 0.5) is 18.9 Å². The number of alkyl halides is 3. The third-order valence-corrected chi connectivity index (χ3v) is 5.53. The van der Waals surface area contributed by atoms with Crippen LogP contribution in [0.2, 0.25) is 0 Å². The smallest absolute Gasteiger partial charge is 0.388 e. The van der Waals surface area contributed by atoms with Crippen LogP contribution in [0.25, 0.3) is 0 Å². The zero-order valence-electron chi connectivity index (χ0n) is 16.7. The van der Waals surface area contributed by atoms with Crippen LogP contribution in [0.1, 0.15) is 49.3 Å². The number of amides is 1. The largest absolute Gasteiger partial charge is 0.418 e. The third kappa shape index (κ3) is 6.06. The number of carbonyl (C=O) groups excluding carboxylic acids is 1. The Kier molecular flexibility index (Phi) is 7.50. The Bertz CT molecular complexity index is 827. The summed E-state index contributed by atoms with van der Waals surface area (Å²) in [6.45, 7) is 0.679. The van der Waals surface area contributed by atoms with Crippen molar-refractivity contribution in [2.24, 2.45) is 0 Å². The van der Waals surface area contributed by atoms with Gasteiger partial charge in [0.1, 0.15) is 0 Å². The third-order valence-electron chi connectivity index (χ3n) is 5.53. The molecule has 0 aliphatic carbocycles. The van der Waals surface area contributed by atoms with Gasteiger partial charge < -0.3 is 10.4 Å². The minimum atomic E-state index is -4.53. The van der Waals surface area contributed by atoms with Crippen molar-refractivity contribution in [3.8, 4) is 0 Å². The summed E-state index contributed by atoms with van der Waals surface area (Å²) in [4.78, 5) is 14.6. The molecule has 2 atom stereocenters. The number of aliphatic hydroxyl groups is 1. The van der Waals surface area contributed by atoms with Crippen molar-refractivity contribution in [2.75, 3.05) is 18.4 Å². The lowest BCUT2D eigenvalue weighted by atomic mass is 9.98. The highest BCUT2D eigenvalue weighted by Crippen LogP contribution is 2.34. The zero-order chi connectivity index (χ0) is 21.6. The molecule has 2 unspecified atom stereocenters. The molecule has 4 nitrogen and oxygen atoms in total. The van der Waals surface area contributed by atoms with Gasteiger partial charge in [0, 0.05) is 6.04 Å². The molecule has 162 valence electrons. The molecule has 0 bridgehead atoms. The second-order valence-electron chi connectivity index (χ2n) is 7.73. The standard InChI is InChI=1S/C23H27F3N2O2/c24-23(25,26)19-12-6-7-13-20(19)27-22(30)16-28-14-8-2-5-11-18(28)15-21(29)17-9-3-1-4-10-17/h1,3-4,6-7,9-10,12-13,18,21,29H,2,5,8,11,14-16H2,(H,27,30). The first-order valence-electron chi connectivity index (χ1n) is 10.3. The summed E-state index contributed by atoms with van der Waals surface area (Å²) in [6.07, 6.45) is -0.897. The quantitative estimate of drug-likeness (QED) is 0.691. The van der Waals surface area contributed by atoms with Crippen LogP contribution in [-0.4, -0.2) is 35.0 Å². The predicted octanol–water partition coefficient (Wildman–Crippen LogP) is 5.01. The normalized spacial score (nSPS) is 19.1. The molecular formula is C23H27F3N2O2. The number of aliphatic hydroxyl groups excluding tert-OH is 1. The van der Waals surface area contributed by atoms with E-state index in [1.807, 2.05) is 35.2 Å². The van der Waals surface area contributed by atoms with Gasteiger partial charge >= 0.3 is 6.18 Å². The molecule has 0 saturated carbocycles. The summed E-state index contributed by atoms with van der Waals surface area (Å²) in [5.74, 6) is -0.479. The lowest BCUT2D eigenvalue weighted by molar-refractivity contribution is -0.137. The van der Waals surface area contributed by atoms with E-state index in [0.29, 0.717) is 13.0 Å². The first kappa shape index (κ1) is 22.3. The van der Waals surface area contributed by atoms with E-state index in [1.165, 1.54) is 18.2 Å². The van der Waals surface area contributed by atoms with Crippen molar-refractivity contribution in [2.45, 2.75) is 50.4 Å². The van der Waals surface area contributed by atoms with Crippen molar-refractivity contribution < 1.29 is 23.1 Å². The molecular weight excluding hydrogens is 393 g/mol. The molecule has 1 aliphatic heterocycles. The van der Waals surface area contributed by atoms with E-state index >= 15 is 0 Å². The predicted molar refractivity (Wildman–Crippen MR) is 110 cm³/mol. The fourth-order valence-electron chi connectivity index (χ4n) is 3.99. The number of anilines is 1. The Balaban J connectivity index is 1.67. The van der Waals surface area contributed by atoms with Crippen molar-refractivity contribution in [3.05, 3.63) is 65.7 Å². The summed E-state index contributed by atoms with van der Waals surface area (Å²) >= 11 is 0. The van der Waals surface area contributed by atoms with Crippen LogP contribution in [0.5, 0.6) is 0 Å². The minimum Gasteiger partial charge on any atom is -0.388 e. The maximum absolute atomic E-state index is 13.2. The zero-order valence-corrected chi connectivity index (χ0v) is 16.7. The number of hydrogen-bond donors (Lipinski definition) is 2. The molecule has 2 aromatic carbocycles. The minimum absolute atomic E-state index is 0.00162. The molecule has 1 heterocycles. The number of para-hydroxylation sites is 1. The molecule has 2 aromatic rings. The van der Waals surface area contributed by atoms with Crippen molar-refractivity contribution >= 4 is 11.6 Å². The maximum Gasteiger partial charge on any atom is 0.418 e. The van der Waals surface area contributed by atoms with Crippen LogP contribution >= 0.6 is 0 Å². The van der Waals surface area contributed by atoms with Crippen LogP contribution in [-0.2, 0) is 11.0 Å². The fraction of sp³-hybridized carbons (Fsp3) is 0.435.